The van der Waals surface area contributed by atoms with Crippen molar-refractivity contribution in [2.75, 3.05) is 0 Å². The first-order valence-electron chi connectivity index (χ1n) is 4.97. The Morgan fingerprint density at radius 3 is 2.82 bits per heavy atom. The Hall–Kier alpha value is -2.43. The molecule has 0 bridgehead atoms. The van der Waals surface area contributed by atoms with E-state index in [1.165, 1.54) is 6.08 Å². The number of nitrogens with zero attached hydrogens (tertiary/aromatic N) is 2. The summed E-state index contributed by atoms with van der Waals surface area (Å²) in [5.74, 6) is -0.501. The average Bonchev–Trinajstić information content (AvgIpc) is 2.75. The monoisotopic (exact) mass is 230 g/mol. The molecule has 0 atom stereocenters. The van der Waals surface area contributed by atoms with Gasteiger partial charge in [-0.15, -0.1) is 10.2 Å². The zero-order chi connectivity index (χ0) is 12.3. The summed E-state index contributed by atoms with van der Waals surface area (Å²) < 4.78 is 5.33. The summed E-state index contributed by atoms with van der Waals surface area (Å²) in [6.45, 7) is 1.94. The standard InChI is InChI=1S/C12H10N2O3/c1-8-4-2-3-5-9(8)12-14-13-10(17-12)6-7-11(15)16/h2-7H,1H3,(H,15,16)/b7-6+. The van der Waals surface area contributed by atoms with Crippen molar-refractivity contribution in [2.24, 2.45) is 0 Å². The topological polar surface area (TPSA) is 76.2 Å². The van der Waals surface area contributed by atoms with Gasteiger partial charge in [-0.1, -0.05) is 18.2 Å². The molecule has 0 fully saturated rings. The molecule has 0 radical (unpaired) electrons. The lowest BCUT2D eigenvalue weighted by Gasteiger charge is -1.97. The van der Waals surface area contributed by atoms with Gasteiger partial charge in [-0.05, 0) is 18.6 Å². The number of aryl methyl sites for hydroxylation is 1. The van der Waals surface area contributed by atoms with E-state index in [-0.39, 0.29) is 5.89 Å². The van der Waals surface area contributed by atoms with Crippen LogP contribution in [0.2, 0.25) is 0 Å². The fraction of sp³-hybridized carbons (Fsp3) is 0.0833. The SMILES string of the molecule is Cc1ccccc1-c1nnc(/C=C/C(=O)O)o1. The van der Waals surface area contributed by atoms with E-state index in [1.807, 2.05) is 31.2 Å². The number of carbonyl (C=O) groups is 1. The predicted molar refractivity (Wildman–Crippen MR) is 61.1 cm³/mol. The van der Waals surface area contributed by atoms with Gasteiger partial charge in [0.05, 0.1) is 0 Å². The molecule has 0 saturated heterocycles. The Balaban J connectivity index is 2.30. The predicted octanol–water partition coefficient (Wildman–Crippen LogP) is 2.14. The molecule has 0 unspecified atom stereocenters. The first kappa shape index (κ1) is 11.1. The summed E-state index contributed by atoms with van der Waals surface area (Å²) in [6, 6.07) is 7.60. The molecule has 1 N–H and O–H groups in total. The van der Waals surface area contributed by atoms with Crippen molar-refractivity contribution in [3.8, 4) is 11.5 Å². The number of hydrogen-bond acceptors (Lipinski definition) is 4. The number of hydrogen-bond donors (Lipinski definition) is 1. The van der Waals surface area contributed by atoms with Crippen LogP contribution in [0.4, 0.5) is 0 Å². The van der Waals surface area contributed by atoms with Crippen molar-refractivity contribution < 1.29 is 14.3 Å². The number of aliphatic carboxylic acids is 1. The summed E-state index contributed by atoms with van der Waals surface area (Å²) in [5, 5.41) is 16.1. The first-order chi connectivity index (χ1) is 8.16. The van der Waals surface area contributed by atoms with Gasteiger partial charge < -0.3 is 9.52 Å². The van der Waals surface area contributed by atoms with Crippen LogP contribution in [-0.4, -0.2) is 21.3 Å². The molecule has 0 aliphatic carbocycles. The van der Waals surface area contributed by atoms with Crippen LogP contribution in [0, 0.1) is 6.92 Å². The molecule has 5 heteroatoms. The molecule has 17 heavy (non-hydrogen) atoms. The smallest absolute Gasteiger partial charge is 0.328 e. The molecule has 5 nitrogen and oxygen atoms in total. The van der Waals surface area contributed by atoms with Crippen LogP contribution < -0.4 is 0 Å². The van der Waals surface area contributed by atoms with Crippen molar-refractivity contribution in [3.05, 3.63) is 41.8 Å². The molecular weight excluding hydrogens is 220 g/mol. The molecular formula is C12H10N2O3. The number of aromatic nitrogens is 2. The van der Waals surface area contributed by atoms with E-state index in [1.54, 1.807) is 0 Å². The molecule has 0 amide bonds. The number of carboxylic acids is 1. The van der Waals surface area contributed by atoms with Crippen molar-refractivity contribution >= 4 is 12.0 Å². The second-order valence-corrected chi connectivity index (χ2v) is 3.43. The van der Waals surface area contributed by atoms with E-state index < -0.39 is 5.97 Å². The Morgan fingerprint density at radius 1 is 1.35 bits per heavy atom. The molecule has 1 heterocycles. The molecule has 1 aromatic heterocycles. The maximum absolute atomic E-state index is 10.3. The maximum atomic E-state index is 10.3. The van der Waals surface area contributed by atoms with E-state index in [4.69, 9.17) is 9.52 Å². The minimum absolute atomic E-state index is 0.172. The van der Waals surface area contributed by atoms with E-state index in [0.717, 1.165) is 17.2 Å². The van der Waals surface area contributed by atoms with Crippen molar-refractivity contribution in [1.82, 2.24) is 10.2 Å². The second kappa shape index (κ2) is 4.61. The quantitative estimate of drug-likeness (QED) is 0.817. The third-order valence-corrected chi connectivity index (χ3v) is 2.18. The van der Waals surface area contributed by atoms with Crippen LogP contribution in [-0.2, 0) is 4.79 Å². The van der Waals surface area contributed by atoms with Gasteiger partial charge in [0.25, 0.3) is 0 Å². The minimum atomic E-state index is -1.05. The van der Waals surface area contributed by atoms with Crippen molar-refractivity contribution in [2.45, 2.75) is 6.92 Å². The van der Waals surface area contributed by atoms with Gasteiger partial charge in [-0.2, -0.15) is 0 Å². The summed E-state index contributed by atoms with van der Waals surface area (Å²) in [4.78, 5) is 10.3. The molecule has 2 rings (SSSR count). The molecule has 0 aliphatic heterocycles. The third kappa shape index (κ3) is 2.57. The van der Waals surface area contributed by atoms with E-state index in [0.29, 0.717) is 5.89 Å². The largest absolute Gasteiger partial charge is 0.478 e. The van der Waals surface area contributed by atoms with Gasteiger partial charge in [-0.25, -0.2) is 4.79 Å². The number of carboxylic acid groups (broad SMARTS) is 1. The first-order valence-corrected chi connectivity index (χ1v) is 4.97. The zero-order valence-electron chi connectivity index (χ0n) is 9.12. The summed E-state index contributed by atoms with van der Waals surface area (Å²) in [6.07, 6.45) is 2.21. The molecule has 2 aromatic rings. The normalized spacial score (nSPS) is 10.9. The highest BCUT2D eigenvalue weighted by Gasteiger charge is 2.08. The van der Waals surface area contributed by atoms with E-state index in [9.17, 15) is 4.79 Å². The molecule has 86 valence electrons. The van der Waals surface area contributed by atoms with Crippen molar-refractivity contribution in [3.63, 3.8) is 0 Å². The molecule has 1 aromatic carbocycles. The van der Waals surface area contributed by atoms with Crippen LogP contribution in [0.3, 0.4) is 0 Å². The molecule has 0 spiro atoms. The van der Waals surface area contributed by atoms with Gasteiger partial charge in [0.15, 0.2) is 0 Å². The van der Waals surface area contributed by atoms with Crippen LogP contribution in [0.1, 0.15) is 11.5 Å². The minimum Gasteiger partial charge on any atom is -0.478 e. The summed E-state index contributed by atoms with van der Waals surface area (Å²) in [7, 11) is 0. The second-order valence-electron chi connectivity index (χ2n) is 3.43. The summed E-state index contributed by atoms with van der Waals surface area (Å²) in [5.41, 5.74) is 1.86. The van der Waals surface area contributed by atoms with Crippen LogP contribution in [0.15, 0.2) is 34.8 Å². The van der Waals surface area contributed by atoms with Crippen LogP contribution in [0.25, 0.3) is 17.5 Å². The Labute approximate surface area is 97.4 Å². The fourth-order valence-electron chi connectivity index (χ4n) is 1.37. The highest BCUT2D eigenvalue weighted by molar-refractivity contribution is 5.84. The van der Waals surface area contributed by atoms with Gasteiger partial charge in [-0.3, -0.25) is 0 Å². The van der Waals surface area contributed by atoms with Gasteiger partial charge in [0, 0.05) is 17.7 Å². The van der Waals surface area contributed by atoms with E-state index >= 15 is 0 Å². The highest BCUT2D eigenvalue weighted by atomic mass is 16.4. The lowest BCUT2D eigenvalue weighted by atomic mass is 10.1. The van der Waals surface area contributed by atoms with Crippen LogP contribution >= 0.6 is 0 Å². The van der Waals surface area contributed by atoms with Gasteiger partial charge in [0.1, 0.15) is 0 Å². The van der Waals surface area contributed by atoms with Crippen molar-refractivity contribution in [1.29, 1.82) is 0 Å². The zero-order valence-corrected chi connectivity index (χ0v) is 9.12. The number of rotatable bonds is 3. The number of benzene rings is 1. The third-order valence-electron chi connectivity index (χ3n) is 2.18. The average molecular weight is 230 g/mol. The Morgan fingerprint density at radius 2 is 2.12 bits per heavy atom. The Bertz CT molecular complexity index is 573. The Kier molecular flexibility index (Phi) is 3.00. The van der Waals surface area contributed by atoms with Gasteiger partial charge >= 0.3 is 5.97 Å². The maximum Gasteiger partial charge on any atom is 0.328 e. The van der Waals surface area contributed by atoms with Crippen LogP contribution in [0.5, 0.6) is 0 Å². The fourth-order valence-corrected chi connectivity index (χ4v) is 1.37. The lowest BCUT2D eigenvalue weighted by molar-refractivity contribution is -0.131. The van der Waals surface area contributed by atoms with E-state index in [2.05, 4.69) is 10.2 Å². The molecule has 0 saturated carbocycles. The highest BCUT2D eigenvalue weighted by Crippen LogP contribution is 2.21. The molecule has 0 aliphatic rings. The van der Waals surface area contributed by atoms with Gasteiger partial charge in [0.2, 0.25) is 11.8 Å². The summed E-state index contributed by atoms with van der Waals surface area (Å²) >= 11 is 0. The lowest BCUT2D eigenvalue weighted by Crippen LogP contribution is -1.85.